The van der Waals surface area contributed by atoms with Crippen molar-refractivity contribution >= 4 is 33.2 Å². The normalized spacial score (nSPS) is 16.9. The molecule has 8 nitrogen and oxygen atoms in total. The van der Waals surface area contributed by atoms with Crippen LogP contribution in [0.5, 0.6) is 0 Å². The molecule has 2 aromatic rings. The lowest BCUT2D eigenvalue weighted by atomic mass is 10.2. The van der Waals surface area contributed by atoms with Crippen LogP contribution in [-0.2, 0) is 21.4 Å². The molecule has 2 heterocycles. The van der Waals surface area contributed by atoms with Gasteiger partial charge in [-0.3, -0.25) is 19.6 Å². The second kappa shape index (κ2) is 10.1. The predicted molar refractivity (Wildman–Crippen MR) is 122 cm³/mol. The maximum Gasteiger partial charge on any atom is 0.244 e. The van der Waals surface area contributed by atoms with Gasteiger partial charge in [-0.2, -0.15) is 0 Å². The van der Waals surface area contributed by atoms with Crippen molar-refractivity contribution in [2.45, 2.75) is 24.4 Å². The number of hydrogen-bond donors (Lipinski definition) is 1. The largest absolute Gasteiger partial charge is 0.325 e. The zero-order chi connectivity index (χ0) is 22.6. The summed E-state index contributed by atoms with van der Waals surface area (Å²) in [4.78, 5) is 21.6. The fourth-order valence-electron chi connectivity index (χ4n) is 3.42. The summed E-state index contributed by atoms with van der Waals surface area (Å²) >= 11 is 6.08. The highest BCUT2D eigenvalue weighted by Crippen LogP contribution is 2.27. The van der Waals surface area contributed by atoms with E-state index in [4.69, 9.17) is 11.6 Å². The first-order valence-corrected chi connectivity index (χ1v) is 11.9. The van der Waals surface area contributed by atoms with E-state index in [1.54, 1.807) is 12.3 Å². The van der Waals surface area contributed by atoms with Crippen molar-refractivity contribution in [3.05, 3.63) is 53.3 Å². The van der Waals surface area contributed by atoms with Crippen molar-refractivity contribution in [2.24, 2.45) is 0 Å². The molecule has 1 aliphatic rings. The second-order valence-corrected chi connectivity index (χ2v) is 10.3. The van der Waals surface area contributed by atoms with E-state index in [1.807, 2.05) is 25.1 Å². The van der Waals surface area contributed by atoms with Crippen molar-refractivity contribution in [3.8, 4) is 0 Å². The Morgan fingerprint density at radius 2 is 1.90 bits per heavy atom. The molecule has 168 valence electrons. The SMILES string of the molecule is CC(C(=O)Nc1ccc(Cl)c(S(=O)(=O)N(C)C)c1)N1CCN(Cc2ccccn2)CC1. The minimum absolute atomic E-state index is 0.0345. The van der Waals surface area contributed by atoms with Gasteiger partial charge in [0.1, 0.15) is 4.90 Å². The quantitative estimate of drug-likeness (QED) is 0.674. The van der Waals surface area contributed by atoms with E-state index in [2.05, 4.69) is 20.1 Å². The molecule has 0 saturated carbocycles. The van der Waals surface area contributed by atoms with Gasteiger partial charge in [0, 0.05) is 58.7 Å². The number of carbonyl (C=O) groups excluding carboxylic acids is 1. The number of carbonyl (C=O) groups is 1. The highest BCUT2D eigenvalue weighted by molar-refractivity contribution is 7.89. The Labute approximate surface area is 188 Å². The lowest BCUT2D eigenvalue weighted by molar-refractivity contribution is -0.121. The summed E-state index contributed by atoms with van der Waals surface area (Å²) in [5.74, 6) is -0.186. The third kappa shape index (κ3) is 5.81. The Balaban J connectivity index is 1.59. The van der Waals surface area contributed by atoms with E-state index in [-0.39, 0.29) is 21.9 Å². The maximum atomic E-state index is 12.8. The van der Waals surface area contributed by atoms with Crippen molar-refractivity contribution < 1.29 is 13.2 Å². The van der Waals surface area contributed by atoms with Gasteiger partial charge in [0.15, 0.2) is 0 Å². The van der Waals surface area contributed by atoms with E-state index in [0.29, 0.717) is 5.69 Å². The number of nitrogens with zero attached hydrogens (tertiary/aromatic N) is 4. The van der Waals surface area contributed by atoms with Crippen LogP contribution in [0.15, 0.2) is 47.5 Å². The van der Waals surface area contributed by atoms with Crippen LogP contribution in [0.1, 0.15) is 12.6 Å². The number of anilines is 1. The molecule has 31 heavy (non-hydrogen) atoms. The number of rotatable bonds is 7. The molecular weight excluding hydrogens is 438 g/mol. The number of piperazine rings is 1. The van der Waals surface area contributed by atoms with Gasteiger partial charge in [0.25, 0.3) is 0 Å². The van der Waals surface area contributed by atoms with Gasteiger partial charge in [-0.15, -0.1) is 0 Å². The second-order valence-electron chi connectivity index (χ2n) is 7.73. The molecule has 1 aromatic heterocycles. The van der Waals surface area contributed by atoms with Crippen LogP contribution in [0, 0.1) is 0 Å². The lowest BCUT2D eigenvalue weighted by Crippen LogP contribution is -2.52. The number of halogens is 1. The third-order valence-electron chi connectivity index (χ3n) is 5.40. The Hall–Kier alpha value is -2.04. The number of amides is 1. The van der Waals surface area contributed by atoms with E-state index >= 15 is 0 Å². The first kappa shape index (κ1) is 23.6. The number of aromatic nitrogens is 1. The standard InChI is InChI=1S/C21H28ClN5O3S/c1-16(27-12-10-26(11-13-27)15-18-6-4-5-9-23-18)21(28)24-17-7-8-19(22)20(14-17)31(29,30)25(2)3/h4-9,14,16H,10-13,15H2,1-3H3,(H,24,28). The lowest BCUT2D eigenvalue weighted by Gasteiger charge is -2.37. The van der Waals surface area contributed by atoms with Crippen molar-refractivity contribution in [2.75, 3.05) is 45.6 Å². The minimum Gasteiger partial charge on any atom is -0.325 e. The summed E-state index contributed by atoms with van der Waals surface area (Å²) in [6.07, 6.45) is 1.80. The molecule has 1 aromatic carbocycles. The molecule has 0 bridgehead atoms. The van der Waals surface area contributed by atoms with Crippen LogP contribution in [0.25, 0.3) is 0 Å². The van der Waals surface area contributed by atoms with Crippen LogP contribution in [0.2, 0.25) is 5.02 Å². The Bertz CT molecular complexity index is 1010. The number of nitrogens with one attached hydrogen (secondary N) is 1. The number of hydrogen-bond acceptors (Lipinski definition) is 6. The topological polar surface area (TPSA) is 85.8 Å². The highest BCUT2D eigenvalue weighted by atomic mass is 35.5. The molecule has 0 aliphatic carbocycles. The molecule has 3 rings (SSSR count). The van der Waals surface area contributed by atoms with Crippen molar-refractivity contribution in [1.82, 2.24) is 19.1 Å². The predicted octanol–water partition coefficient (Wildman–Crippen LogP) is 2.13. The van der Waals surface area contributed by atoms with Gasteiger partial charge in [-0.25, -0.2) is 12.7 Å². The molecule has 1 unspecified atom stereocenters. The highest BCUT2D eigenvalue weighted by Gasteiger charge is 2.27. The summed E-state index contributed by atoms with van der Waals surface area (Å²) in [6, 6.07) is 10.0. The van der Waals surface area contributed by atoms with Crippen molar-refractivity contribution in [3.63, 3.8) is 0 Å². The average Bonchev–Trinajstić information content (AvgIpc) is 2.75. The van der Waals surface area contributed by atoms with Gasteiger partial charge < -0.3 is 5.32 Å². The Morgan fingerprint density at radius 1 is 1.19 bits per heavy atom. The van der Waals surface area contributed by atoms with E-state index in [1.165, 1.54) is 26.2 Å². The van der Waals surface area contributed by atoms with Crippen LogP contribution in [0.4, 0.5) is 5.69 Å². The summed E-state index contributed by atoms with van der Waals surface area (Å²) in [6.45, 7) is 5.88. The number of benzene rings is 1. The Kier molecular flexibility index (Phi) is 7.66. The van der Waals surface area contributed by atoms with Crippen LogP contribution in [0.3, 0.4) is 0 Å². The third-order valence-corrected chi connectivity index (χ3v) is 7.70. The zero-order valence-electron chi connectivity index (χ0n) is 18.0. The summed E-state index contributed by atoms with van der Waals surface area (Å²) < 4.78 is 26.0. The minimum atomic E-state index is -3.71. The van der Waals surface area contributed by atoms with Gasteiger partial charge in [0.05, 0.1) is 16.8 Å². The molecule has 1 fully saturated rings. The number of pyridine rings is 1. The Morgan fingerprint density at radius 3 is 2.52 bits per heavy atom. The smallest absolute Gasteiger partial charge is 0.244 e. The fraction of sp³-hybridized carbons (Fsp3) is 0.429. The van der Waals surface area contributed by atoms with Gasteiger partial charge in [-0.1, -0.05) is 17.7 Å². The first-order valence-electron chi connectivity index (χ1n) is 10.1. The summed E-state index contributed by atoms with van der Waals surface area (Å²) in [7, 11) is -0.836. The molecule has 1 saturated heterocycles. The first-order chi connectivity index (χ1) is 14.7. The molecule has 1 atom stereocenters. The van der Waals surface area contributed by atoms with E-state index < -0.39 is 10.0 Å². The van der Waals surface area contributed by atoms with Gasteiger partial charge >= 0.3 is 0 Å². The van der Waals surface area contributed by atoms with Gasteiger partial charge in [-0.05, 0) is 37.3 Å². The van der Waals surface area contributed by atoms with Crippen molar-refractivity contribution in [1.29, 1.82) is 0 Å². The molecule has 0 radical (unpaired) electrons. The van der Waals surface area contributed by atoms with Gasteiger partial charge in [0.2, 0.25) is 15.9 Å². The molecule has 1 aliphatic heterocycles. The summed E-state index contributed by atoms with van der Waals surface area (Å²) in [5, 5.41) is 2.94. The maximum absolute atomic E-state index is 12.8. The molecule has 0 spiro atoms. The summed E-state index contributed by atoms with van der Waals surface area (Å²) in [5.41, 5.74) is 1.43. The van der Waals surface area contributed by atoms with Crippen LogP contribution < -0.4 is 5.32 Å². The molecular formula is C21H28ClN5O3S. The number of sulfonamides is 1. The molecule has 1 amide bonds. The van der Waals surface area contributed by atoms with Crippen LogP contribution >= 0.6 is 11.6 Å². The van der Waals surface area contributed by atoms with E-state index in [0.717, 1.165) is 42.7 Å². The van der Waals surface area contributed by atoms with Crippen LogP contribution in [-0.4, -0.2) is 79.7 Å². The average molecular weight is 466 g/mol. The molecule has 1 N–H and O–H groups in total. The fourth-order valence-corrected chi connectivity index (χ4v) is 4.81. The molecule has 10 heteroatoms. The monoisotopic (exact) mass is 465 g/mol. The zero-order valence-corrected chi connectivity index (χ0v) is 19.5. The van der Waals surface area contributed by atoms with E-state index in [9.17, 15) is 13.2 Å².